The first kappa shape index (κ1) is 17.5. The maximum atomic E-state index is 5.83. The molecule has 0 radical (unpaired) electrons. The number of benzene rings is 2. The SMILES string of the molecule is CC1CCC(NCc2ccc3c(c2)Cc2c(-c4ccc(N)cc4)n[nH]c2-3)CC1. The van der Waals surface area contributed by atoms with Crippen LogP contribution in [0.4, 0.5) is 5.69 Å². The molecule has 4 N–H and O–H groups in total. The largest absolute Gasteiger partial charge is 0.399 e. The molecule has 1 saturated carbocycles. The van der Waals surface area contributed by atoms with Crippen LogP contribution in [-0.4, -0.2) is 16.2 Å². The number of aromatic amines is 1. The van der Waals surface area contributed by atoms with Crippen molar-refractivity contribution in [2.75, 3.05) is 5.73 Å². The van der Waals surface area contributed by atoms with Gasteiger partial charge in [-0.1, -0.05) is 37.3 Å². The van der Waals surface area contributed by atoms with E-state index in [0.717, 1.165) is 35.8 Å². The highest BCUT2D eigenvalue weighted by Crippen LogP contribution is 2.40. The summed E-state index contributed by atoms with van der Waals surface area (Å²) in [4.78, 5) is 0. The van der Waals surface area contributed by atoms with Crippen molar-refractivity contribution < 1.29 is 0 Å². The van der Waals surface area contributed by atoms with Crippen LogP contribution in [0, 0.1) is 5.92 Å². The molecule has 0 bridgehead atoms. The van der Waals surface area contributed by atoms with Crippen molar-refractivity contribution in [2.24, 2.45) is 5.92 Å². The first-order valence-corrected chi connectivity index (χ1v) is 10.5. The van der Waals surface area contributed by atoms with Gasteiger partial charge >= 0.3 is 0 Å². The molecule has 4 nitrogen and oxygen atoms in total. The first-order valence-electron chi connectivity index (χ1n) is 10.5. The highest BCUT2D eigenvalue weighted by molar-refractivity contribution is 5.81. The van der Waals surface area contributed by atoms with Crippen LogP contribution in [0.25, 0.3) is 22.5 Å². The maximum Gasteiger partial charge on any atom is 0.0962 e. The van der Waals surface area contributed by atoms with Crippen molar-refractivity contribution >= 4 is 5.69 Å². The Hall–Kier alpha value is -2.59. The lowest BCUT2D eigenvalue weighted by Gasteiger charge is -2.27. The van der Waals surface area contributed by atoms with Gasteiger partial charge in [0.15, 0.2) is 0 Å². The Morgan fingerprint density at radius 1 is 1.07 bits per heavy atom. The summed E-state index contributed by atoms with van der Waals surface area (Å²) in [6.07, 6.45) is 6.28. The molecular formula is C24H28N4. The topological polar surface area (TPSA) is 66.7 Å². The molecule has 0 saturated heterocycles. The Morgan fingerprint density at radius 2 is 1.86 bits per heavy atom. The van der Waals surface area contributed by atoms with E-state index < -0.39 is 0 Å². The van der Waals surface area contributed by atoms with E-state index in [1.165, 1.54) is 53.6 Å². The van der Waals surface area contributed by atoms with Gasteiger partial charge in [0.1, 0.15) is 0 Å². The fourth-order valence-electron chi connectivity index (χ4n) is 4.70. The third kappa shape index (κ3) is 3.22. The second kappa shape index (κ2) is 7.10. The second-order valence-corrected chi connectivity index (χ2v) is 8.55. The molecule has 0 spiro atoms. The number of anilines is 1. The number of nitrogens with two attached hydrogens (primary N) is 1. The minimum absolute atomic E-state index is 0.679. The van der Waals surface area contributed by atoms with Gasteiger partial charge in [-0.2, -0.15) is 5.10 Å². The summed E-state index contributed by atoms with van der Waals surface area (Å²) in [5.74, 6) is 0.899. The van der Waals surface area contributed by atoms with Gasteiger partial charge in [-0.3, -0.25) is 5.10 Å². The number of nitrogens with one attached hydrogen (secondary N) is 2. The van der Waals surface area contributed by atoms with Crippen LogP contribution in [0.1, 0.15) is 49.3 Å². The Bertz CT molecular complexity index is 978. The Labute approximate surface area is 166 Å². The number of hydrogen-bond donors (Lipinski definition) is 3. The van der Waals surface area contributed by atoms with Crippen LogP contribution in [0.5, 0.6) is 0 Å². The monoisotopic (exact) mass is 372 g/mol. The summed E-state index contributed by atoms with van der Waals surface area (Å²) < 4.78 is 0. The smallest absolute Gasteiger partial charge is 0.0962 e. The Morgan fingerprint density at radius 3 is 2.64 bits per heavy atom. The molecule has 0 unspecified atom stereocenters. The average molecular weight is 373 g/mol. The van der Waals surface area contributed by atoms with Crippen molar-refractivity contribution in [3.05, 3.63) is 59.2 Å². The van der Waals surface area contributed by atoms with E-state index in [1.54, 1.807) is 0 Å². The summed E-state index contributed by atoms with van der Waals surface area (Å²) in [5, 5.41) is 11.6. The summed E-state index contributed by atoms with van der Waals surface area (Å²) in [7, 11) is 0. The standard InChI is InChI=1S/C24H28N4/c1-15-2-9-20(10-3-15)26-14-16-4-11-21-18(12-16)13-22-23(27-28-24(21)22)17-5-7-19(25)8-6-17/h4-8,11-12,15,20,26H,2-3,9-10,13-14,25H2,1H3,(H,27,28). The van der Waals surface area contributed by atoms with Crippen molar-refractivity contribution in [1.82, 2.24) is 15.5 Å². The molecule has 1 aromatic heterocycles. The van der Waals surface area contributed by atoms with Crippen LogP contribution < -0.4 is 11.1 Å². The summed E-state index contributed by atoms with van der Waals surface area (Å²) in [5.41, 5.74) is 15.3. The van der Waals surface area contributed by atoms with E-state index in [0.29, 0.717) is 6.04 Å². The molecule has 1 fully saturated rings. The highest BCUT2D eigenvalue weighted by atomic mass is 15.1. The van der Waals surface area contributed by atoms with Gasteiger partial charge in [-0.15, -0.1) is 0 Å². The Kier molecular flexibility index (Phi) is 4.44. The summed E-state index contributed by atoms with van der Waals surface area (Å²) in [6.45, 7) is 3.34. The van der Waals surface area contributed by atoms with Crippen LogP contribution >= 0.6 is 0 Å². The lowest BCUT2D eigenvalue weighted by atomic mass is 9.87. The summed E-state index contributed by atoms with van der Waals surface area (Å²) >= 11 is 0. The van der Waals surface area contributed by atoms with Gasteiger partial charge in [-0.05, 0) is 54.9 Å². The average Bonchev–Trinajstić information content (AvgIpc) is 3.27. The fourth-order valence-corrected chi connectivity index (χ4v) is 4.70. The van der Waals surface area contributed by atoms with Crippen molar-refractivity contribution in [3.63, 3.8) is 0 Å². The zero-order valence-electron chi connectivity index (χ0n) is 16.5. The zero-order valence-corrected chi connectivity index (χ0v) is 16.5. The van der Waals surface area contributed by atoms with Crippen molar-refractivity contribution in [1.29, 1.82) is 0 Å². The lowest BCUT2D eigenvalue weighted by Crippen LogP contribution is -2.32. The van der Waals surface area contributed by atoms with Crippen LogP contribution in [0.3, 0.4) is 0 Å². The molecule has 0 aliphatic heterocycles. The predicted octanol–water partition coefficient (Wildman–Crippen LogP) is 4.90. The Balaban J connectivity index is 1.32. The van der Waals surface area contributed by atoms with E-state index in [-0.39, 0.29) is 0 Å². The molecule has 4 heteroatoms. The number of hydrogen-bond acceptors (Lipinski definition) is 3. The van der Waals surface area contributed by atoms with Crippen LogP contribution in [0.15, 0.2) is 42.5 Å². The number of rotatable bonds is 4. The molecule has 5 rings (SSSR count). The number of nitrogen functional groups attached to an aromatic ring is 1. The molecule has 2 aromatic carbocycles. The summed E-state index contributed by atoms with van der Waals surface area (Å²) in [6, 6.07) is 15.5. The molecule has 1 heterocycles. The van der Waals surface area contributed by atoms with Gasteiger partial charge in [0.05, 0.1) is 11.4 Å². The third-order valence-electron chi connectivity index (χ3n) is 6.47. The normalized spacial score (nSPS) is 20.8. The quantitative estimate of drug-likeness (QED) is 0.446. The maximum absolute atomic E-state index is 5.83. The molecule has 0 atom stereocenters. The molecule has 144 valence electrons. The van der Waals surface area contributed by atoms with Gasteiger partial charge in [0.2, 0.25) is 0 Å². The molecule has 2 aliphatic rings. The van der Waals surface area contributed by atoms with E-state index >= 15 is 0 Å². The van der Waals surface area contributed by atoms with Gasteiger partial charge in [0, 0.05) is 41.4 Å². The van der Waals surface area contributed by atoms with Gasteiger partial charge in [-0.25, -0.2) is 0 Å². The predicted molar refractivity (Wildman–Crippen MR) is 115 cm³/mol. The molecular weight excluding hydrogens is 344 g/mol. The minimum atomic E-state index is 0.679. The third-order valence-corrected chi connectivity index (χ3v) is 6.47. The number of fused-ring (bicyclic) bond motifs is 3. The van der Waals surface area contributed by atoms with Crippen molar-refractivity contribution in [2.45, 2.75) is 51.6 Å². The molecule has 28 heavy (non-hydrogen) atoms. The van der Waals surface area contributed by atoms with E-state index in [9.17, 15) is 0 Å². The van der Waals surface area contributed by atoms with E-state index in [2.05, 4.69) is 52.8 Å². The zero-order chi connectivity index (χ0) is 19.1. The van der Waals surface area contributed by atoms with Crippen LogP contribution in [-0.2, 0) is 13.0 Å². The van der Waals surface area contributed by atoms with Crippen molar-refractivity contribution in [3.8, 4) is 22.5 Å². The van der Waals surface area contributed by atoms with Gasteiger partial charge in [0.25, 0.3) is 0 Å². The number of nitrogens with zero attached hydrogens (tertiary/aromatic N) is 1. The second-order valence-electron chi connectivity index (χ2n) is 8.55. The molecule has 0 amide bonds. The van der Waals surface area contributed by atoms with E-state index in [4.69, 9.17) is 5.73 Å². The fraction of sp³-hybridized carbons (Fsp3) is 0.375. The minimum Gasteiger partial charge on any atom is -0.399 e. The van der Waals surface area contributed by atoms with E-state index in [1.807, 2.05) is 12.1 Å². The highest BCUT2D eigenvalue weighted by Gasteiger charge is 2.25. The number of H-pyrrole nitrogens is 1. The molecule has 2 aliphatic carbocycles. The lowest BCUT2D eigenvalue weighted by molar-refractivity contribution is 0.306. The molecule has 3 aromatic rings. The van der Waals surface area contributed by atoms with Gasteiger partial charge < -0.3 is 11.1 Å². The number of aromatic nitrogens is 2. The first-order chi connectivity index (χ1) is 13.7. The van der Waals surface area contributed by atoms with Crippen LogP contribution in [0.2, 0.25) is 0 Å².